The topological polar surface area (TPSA) is 93.2 Å². The van der Waals surface area contributed by atoms with E-state index in [1.165, 1.54) is 19.2 Å². The number of carbonyl (C=O) groups excluding carboxylic acids is 2. The van der Waals surface area contributed by atoms with Crippen LogP contribution in [0.15, 0.2) is 59.5 Å². The standard InChI is InChI=1S/C23H28N2O6S/c1-3-31-23(27)18-13-15-24(16-14-18)22(26)17-25(19-9-11-20(30-2)12-10-19)32(28,29)21-7-5-4-6-8-21/h4-12,18H,3,13-17H2,1-2H3. The number of ether oxygens (including phenoxy) is 2. The van der Waals surface area contributed by atoms with Gasteiger partial charge in [0.1, 0.15) is 12.3 Å². The van der Waals surface area contributed by atoms with Gasteiger partial charge in [-0.1, -0.05) is 18.2 Å². The molecule has 1 amide bonds. The van der Waals surface area contributed by atoms with Gasteiger partial charge in [0, 0.05) is 13.1 Å². The minimum Gasteiger partial charge on any atom is -0.497 e. The first kappa shape index (κ1) is 23.6. The van der Waals surface area contributed by atoms with Crippen molar-refractivity contribution in [3.63, 3.8) is 0 Å². The second-order valence-corrected chi connectivity index (χ2v) is 9.29. The average molecular weight is 461 g/mol. The molecule has 0 aliphatic carbocycles. The molecule has 1 fully saturated rings. The van der Waals surface area contributed by atoms with E-state index in [4.69, 9.17) is 9.47 Å². The molecule has 0 bridgehead atoms. The molecular formula is C23H28N2O6S. The van der Waals surface area contributed by atoms with E-state index in [0.717, 1.165) is 4.31 Å². The third-order valence-corrected chi connectivity index (χ3v) is 7.23. The molecule has 0 spiro atoms. The fourth-order valence-corrected chi connectivity index (χ4v) is 5.07. The number of rotatable bonds is 8. The number of hydrogen-bond acceptors (Lipinski definition) is 6. The number of esters is 1. The normalized spacial score (nSPS) is 14.6. The van der Waals surface area contributed by atoms with Gasteiger partial charge >= 0.3 is 5.97 Å². The van der Waals surface area contributed by atoms with E-state index in [-0.39, 0.29) is 29.2 Å². The molecule has 8 nitrogen and oxygen atoms in total. The lowest BCUT2D eigenvalue weighted by Crippen LogP contribution is -2.46. The zero-order chi connectivity index (χ0) is 23.1. The van der Waals surface area contributed by atoms with E-state index < -0.39 is 10.0 Å². The summed E-state index contributed by atoms with van der Waals surface area (Å²) in [4.78, 5) is 26.7. The second-order valence-electron chi connectivity index (χ2n) is 7.43. The third-order valence-electron chi connectivity index (χ3n) is 5.44. The molecule has 1 heterocycles. The molecule has 0 radical (unpaired) electrons. The van der Waals surface area contributed by atoms with Crippen molar-refractivity contribution in [3.8, 4) is 5.75 Å². The molecule has 3 rings (SSSR count). The lowest BCUT2D eigenvalue weighted by Gasteiger charge is -2.33. The quantitative estimate of drug-likeness (QED) is 0.563. The summed E-state index contributed by atoms with van der Waals surface area (Å²) in [5.74, 6) is -0.211. The van der Waals surface area contributed by atoms with E-state index in [9.17, 15) is 18.0 Å². The average Bonchev–Trinajstić information content (AvgIpc) is 2.83. The molecule has 0 atom stereocenters. The van der Waals surface area contributed by atoms with E-state index in [0.29, 0.717) is 44.0 Å². The van der Waals surface area contributed by atoms with Crippen LogP contribution in [0.25, 0.3) is 0 Å². The first-order chi connectivity index (χ1) is 15.4. The maximum absolute atomic E-state index is 13.4. The van der Waals surface area contributed by atoms with E-state index in [1.54, 1.807) is 54.3 Å². The lowest BCUT2D eigenvalue weighted by molar-refractivity contribution is -0.151. The van der Waals surface area contributed by atoms with Crippen LogP contribution in [0, 0.1) is 5.92 Å². The molecule has 0 N–H and O–H groups in total. The molecule has 2 aromatic carbocycles. The summed E-state index contributed by atoms with van der Waals surface area (Å²) in [6.45, 7) is 2.51. The van der Waals surface area contributed by atoms with Crippen LogP contribution in [0.2, 0.25) is 0 Å². The summed E-state index contributed by atoms with van der Waals surface area (Å²) in [6, 6.07) is 14.5. The molecular weight excluding hydrogens is 432 g/mol. The van der Waals surface area contributed by atoms with Crippen LogP contribution in [0.1, 0.15) is 19.8 Å². The molecule has 32 heavy (non-hydrogen) atoms. The molecule has 1 aliphatic rings. The number of piperidine rings is 1. The highest BCUT2D eigenvalue weighted by atomic mass is 32.2. The monoisotopic (exact) mass is 460 g/mol. The molecule has 9 heteroatoms. The fourth-order valence-electron chi connectivity index (χ4n) is 3.63. The Labute approximate surface area is 188 Å². The van der Waals surface area contributed by atoms with Crippen molar-refractivity contribution >= 4 is 27.6 Å². The summed E-state index contributed by atoms with van der Waals surface area (Å²) >= 11 is 0. The van der Waals surface area contributed by atoms with E-state index in [2.05, 4.69) is 0 Å². The van der Waals surface area contributed by atoms with E-state index >= 15 is 0 Å². The van der Waals surface area contributed by atoms with Gasteiger partial charge in [-0.05, 0) is 56.2 Å². The number of benzene rings is 2. The maximum atomic E-state index is 13.4. The van der Waals surface area contributed by atoms with Gasteiger partial charge in [-0.15, -0.1) is 0 Å². The smallest absolute Gasteiger partial charge is 0.309 e. The van der Waals surface area contributed by atoms with Gasteiger partial charge in [-0.3, -0.25) is 13.9 Å². The van der Waals surface area contributed by atoms with Gasteiger partial charge in [-0.2, -0.15) is 0 Å². The predicted octanol–water partition coefficient (Wildman–Crippen LogP) is 2.69. The zero-order valence-electron chi connectivity index (χ0n) is 18.3. The second kappa shape index (κ2) is 10.5. The largest absolute Gasteiger partial charge is 0.497 e. The molecule has 1 saturated heterocycles. The van der Waals surface area contributed by atoms with Gasteiger partial charge in [0.05, 0.1) is 30.2 Å². The van der Waals surface area contributed by atoms with Crippen LogP contribution in [-0.2, 0) is 24.3 Å². The molecule has 2 aromatic rings. The number of anilines is 1. The molecule has 0 saturated carbocycles. The number of carbonyl (C=O) groups is 2. The van der Waals surface area contributed by atoms with Crippen LogP contribution >= 0.6 is 0 Å². The number of nitrogens with zero attached hydrogens (tertiary/aromatic N) is 2. The van der Waals surface area contributed by atoms with Crippen LogP contribution in [-0.4, -0.2) is 58.5 Å². The van der Waals surface area contributed by atoms with Crippen LogP contribution in [0.5, 0.6) is 5.75 Å². The van der Waals surface area contributed by atoms with Crippen molar-refractivity contribution in [2.45, 2.75) is 24.7 Å². The molecule has 172 valence electrons. The summed E-state index contributed by atoms with van der Waals surface area (Å²) in [7, 11) is -2.44. The summed E-state index contributed by atoms with van der Waals surface area (Å²) < 4.78 is 38.1. The summed E-state index contributed by atoms with van der Waals surface area (Å²) in [5.41, 5.74) is 0.365. The Balaban J connectivity index is 1.80. The number of hydrogen-bond donors (Lipinski definition) is 0. The van der Waals surface area contributed by atoms with E-state index in [1.807, 2.05) is 0 Å². The Morgan fingerprint density at radius 2 is 1.66 bits per heavy atom. The first-order valence-corrected chi connectivity index (χ1v) is 12.0. The summed E-state index contributed by atoms with van der Waals surface area (Å²) in [6.07, 6.45) is 0.997. The number of amides is 1. The van der Waals surface area contributed by atoms with Crippen molar-refractivity contribution in [1.82, 2.24) is 4.90 Å². The van der Waals surface area contributed by atoms with Crippen molar-refractivity contribution in [1.29, 1.82) is 0 Å². The van der Waals surface area contributed by atoms with Crippen LogP contribution in [0.4, 0.5) is 5.69 Å². The molecule has 0 unspecified atom stereocenters. The van der Waals surface area contributed by atoms with Crippen molar-refractivity contribution in [2.75, 3.05) is 37.7 Å². The Morgan fingerprint density at radius 3 is 2.22 bits per heavy atom. The fraction of sp³-hybridized carbons (Fsp3) is 0.391. The van der Waals surface area contributed by atoms with Gasteiger partial charge in [0.25, 0.3) is 10.0 Å². The third kappa shape index (κ3) is 5.40. The minimum absolute atomic E-state index is 0.102. The number of sulfonamides is 1. The van der Waals surface area contributed by atoms with Crippen molar-refractivity contribution < 1.29 is 27.5 Å². The highest BCUT2D eigenvalue weighted by Gasteiger charge is 2.32. The van der Waals surface area contributed by atoms with Gasteiger partial charge in [0.15, 0.2) is 0 Å². The molecule has 1 aliphatic heterocycles. The number of methoxy groups -OCH3 is 1. The van der Waals surface area contributed by atoms with Crippen LogP contribution < -0.4 is 9.04 Å². The van der Waals surface area contributed by atoms with Gasteiger partial charge in [-0.25, -0.2) is 8.42 Å². The predicted molar refractivity (Wildman–Crippen MR) is 120 cm³/mol. The highest BCUT2D eigenvalue weighted by molar-refractivity contribution is 7.92. The first-order valence-electron chi connectivity index (χ1n) is 10.5. The Kier molecular flexibility index (Phi) is 7.74. The Hall–Kier alpha value is -3.07. The molecule has 0 aromatic heterocycles. The lowest BCUT2D eigenvalue weighted by atomic mass is 9.97. The Morgan fingerprint density at radius 1 is 1.03 bits per heavy atom. The SMILES string of the molecule is CCOC(=O)C1CCN(C(=O)CN(c2ccc(OC)cc2)S(=O)(=O)c2ccccc2)CC1. The van der Waals surface area contributed by atoms with Gasteiger partial charge < -0.3 is 14.4 Å². The Bertz CT molecular complexity index is 1020. The minimum atomic E-state index is -3.97. The van der Waals surface area contributed by atoms with Crippen LogP contribution in [0.3, 0.4) is 0 Å². The summed E-state index contributed by atoms with van der Waals surface area (Å²) in [5, 5.41) is 0. The van der Waals surface area contributed by atoms with Gasteiger partial charge in [0.2, 0.25) is 5.91 Å². The highest BCUT2D eigenvalue weighted by Crippen LogP contribution is 2.26. The van der Waals surface area contributed by atoms with Crippen molar-refractivity contribution in [3.05, 3.63) is 54.6 Å². The number of likely N-dealkylation sites (tertiary alicyclic amines) is 1. The maximum Gasteiger partial charge on any atom is 0.309 e. The van der Waals surface area contributed by atoms with Crippen molar-refractivity contribution in [2.24, 2.45) is 5.92 Å². The zero-order valence-corrected chi connectivity index (χ0v) is 19.1.